The van der Waals surface area contributed by atoms with Crippen molar-refractivity contribution in [2.45, 2.75) is 43.6 Å². The smallest absolute Gasteiger partial charge is 0.0702 e. The SMILES string of the molecule is CC12CCCC(c3ccccc31)C2O. The first-order chi connectivity index (χ1) is 6.73. The van der Waals surface area contributed by atoms with E-state index in [1.807, 2.05) is 0 Å². The van der Waals surface area contributed by atoms with Gasteiger partial charge in [-0.2, -0.15) is 0 Å². The summed E-state index contributed by atoms with van der Waals surface area (Å²) in [6, 6.07) is 8.58. The molecule has 0 amide bonds. The molecule has 3 atom stereocenters. The molecule has 1 heteroatoms. The van der Waals surface area contributed by atoms with Gasteiger partial charge in [-0.3, -0.25) is 0 Å². The molecule has 2 aliphatic rings. The van der Waals surface area contributed by atoms with E-state index in [9.17, 15) is 5.11 Å². The lowest BCUT2D eigenvalue weighted by atomic mass is 9.72. The molecule has 2 bridgehead atoms. The van der Waals surface area contributed by atoms with Gasteiger partial charge in [0.1, 0.15) is 0 Å². The molecule has 0 radical (unpaired) electrons. The van der Waals surface area contributed by atoms with E-state index in [2.05, 4.69) is 31.2 Å². The van der Waals surface area contributed by atoms with Gasteiger partial charge in [-0.15, -0.1) is 0 Å². The number of aliphatic hydroxyl groups excluding tert-OH is 1. The molecular weight excluding hydrogens is 172 g/mol. The highest BCUT2D eigenvalue weighted by atomic mass is 16.3. The third kappa shape index (κ3) is 0.838. The van der Waals surface area contributed by atoms with Crippen LogP contribution in [-0.4, -0.2) is 11.2 Å². The molecule has 74 valence electrons. The standard InChI is InChI=1S/C13H16O/c1-13-8-4-6-10(12(13)14)9-5-2-3-7-11(9)13/h2-3,5,7,10,12,14H,4,6,8H2,1H3. The van der Waals surface area contributed by atoms with Crippen molar-refractivity contribution in [3.63, 3.8) is 0 Å². The van der Waals surface area contributed by atoms with Gasteiger partial charge in [0.05, 0.1) is 6.10 Å². The van der Waals surface area contributed by atoms with Crippen LogP contribution in [0.5, 0.6) is 0 Å². The Morgan fingerprint density at radius 1 is 1.36 bits per heavy atom. The molecule has 1 fully saturated rings. The van der Waals surface area contributed by atoms with Gasteiger partial charge in [-0.1, -0.05) is 37.6 Å². The molecule has 1 aromatic carbocycles. The molecule has 2 aliphatic carbocycles. The number of aliphatic hydroxyl groups is 1. The van der Waals surface area contributed by atoms with Crippen molar-refractivity contribution >= 4 is 0 Å². The number of benzene rings is 1. The number of fused-ring (bicyclic) bond motifs is 5. The van der Waals surface area contributed by atoms with Gasteiger partial charge in [-0.05, 0) is 24.0 Å². The Kier molecular flexibility index (Phi) is 1.58. The first-order valence-electron chi connectivity index (χ1n) is 5.51. The molecule has 1 saturated carbocycles. The van der Waals surface area contributed by atoms with Crippen LogP contribution >= 0.6 is 0 Å². The van der Waals surface area contributed by atoms with E-state index in [4.69, 9.17) is 0 Å². The maximum Gasteiger partial charge on any atom is 0.0702 e. The zero-order chi connectivity index (χ0) is 9.76. The summed E-state index contributed by atoms with van der Waals surface area (Å²) in [5, 5.41) is 10.3. The Hall–Kier alpha value is -0.820. The van der Waals surface area contributed by atoms with E-state index in [1.165, 1.54) is 17.5 Å². The zero-order valence-corrected chi connectivity index (χ0v) is 8.53. The van der Waals surface area contributed by atoms with Crippen LogP contribution < -0.4 is 0 Å². The van der Waals surface area contributed by atoms with Crippen LogP contribution in [0.15, 0.2) is 24.3 Å². The van der Waals surface area contributed by atoms with Crippen LogP contribution in [0.3, 0.4) is 0 Å². The van der Waals surface area contributed by atoms with Crippen molar-refractivity contribution in [1.29, 1.82) is 0 Å². The summed E-state index contributed by atoms with van der Waals surface area (Å²) in [5.74, 6) is 0.407. The monoisotopic (exact) mass is 188 g/mol. The Bertz CT molecular complexity index is 371. The van der Waals surface area contributed by atoms with E-state index >= 15 is 0 Å². The first-order valence-corrected chi connectivity index (χ1v) is 5.51. The molecule has 1 N–H and O–H groups in total. The third-order valence-electron chi connectivity index (χ3n) is 4.22. The highest BCUT2D eigenvalue weighted by Crippen LogP contribution is 2.54. The molecule has 1 nitrogen and oxygen atoms in total. The third-order valence-corrected chi connectivity index (χ3v) is 4.22. The Morgan fingerprint density at radius 2 is 2.14 bits per heavy atom. The Labute approximate surface area is 84.8 Å². The fourth-order valence-electron chi connectivity index (χ4n) is 3.40. The molecule has 0 aromatic heterocycles. The summed E-state index contributed by atoms with van der Waals surface area (Å²) < 4.78 is 0. The van der Waals surface area contributed by atoms with Gasteiger partial charge in [0, 0.05) is 11.3 Å². The van der Waals surface area contributed by atoms with Gasteiger partial charge in [0.15, 0.2) is 0 Å². The van der Waals surface area contributed by atoms with Crippen molar-refractivity contribution in [3.8, 4) is 0 Å². The van der Waals surface area contributed by atoms with Crippen molar-refractivity contribution in [2.75, 3.05) is 0 Å². The van der Waals surface area contributed by atoms with Crippen LogP contribution in [0.2, 0.25) is 0 Å². The fraction of sp³-hybridized carbons (Fsp3) is 0.538. The molecule has 3 unspecified atom stereocenters. The van der Waals surface area contributed by atoms with Crippen molar-refractivity contribution in [3.05, 3.63) is 35.4 Å². The van der Waals surface area contributed by atoms with Gasteiger partial charge >= 0.3 is 0 Å². The fourth-order valence-corrected chi connectivity index (χ4v) is 3.40. The quantitative estimate of drug-likeness (QED) is 0.663. The van der Waals surface area contributed by atoms with Gasteiger partial charge < -0.3 is 5.11 Å². The lowest BCUT2D eigenvalue weighted by molar-refractivity contribution is 0.0509. The molecule has 0 spiro atoms. The minimum absolute atomic E-state index is 0.0412. The van der Waals surface area contributed by atoms with Gasteiger partial charge in [0.25, 0.3) is 0 Å². The Morgan fingerprint density at radius 3 is 3.00 bits per heavy atom. The minimum Gasteiger partial charge on any atom is -0.392 e. The molecule has 3 rings (SSSR count). The van der Waals surface area contributed by atoms with Crippen molar-refractivity contribution in [2.24, 2.45) is 0 Å². The lowest BCUT2D eigenvalue weighted by Gasteiger charge is -2.35. The van der Waals surface area contributed by atoms with Gasteiger partial charge in [0.2, 0.25) is 0 Å². The maximum atomic E-state index is 10.3. The summed E-state index contributed by atoms with van der Waals surface area (Å²) in [6.45, 7) is 2.22. The van der Waals surface area contributed by atoms with E-state index in [0.29, 0.717) is 5.92 Å². The second-order valence-electron chi connectivity index (χ2n) is 4.95. The topological polar surface area (TPSA) is 20.2 Å². The normalized spacial score (nSPS) is 39.6. The van der Waals surface area contributed by atoms with E-state index in [0.717, 1.165) is 12.8 Å². The van der Waals surface area contributed by atoms with Crippen molar-refractivity contribution < 1.29 is 5.11 Å². The average Bonchev–Trinajstić information content (AvgIpc) is 2.36. The lowest BCUT2D eigenvalue weighted by Crippen LogP contribution is -2.37. The average molecular weight is 188 g/mol. The first kappa shape index (κ1) is 8.49. The highest BCUT2D eigenvalue weighted by molar-refractivity contribution is 5.45. The highest BCUT2D eigenvalue weighted by Gasteiger charge is 2.50. The molecular formula is C13H16O. The summed E-state index contributed by atoms with van der Waals surface area (Å²) >= 11 is 0. The molecule has 0 saturated heterocycles. The van der Waals surface area contributed by atoms with Crippen LogP contribution in [-0.2, 0) is 5.41 Å². The minimum atomic E-state index is -0.145. The predicted octanol–water partition coefficient (Wildman–Crippen LogP) is 2.59. The summed E-state index contributed by atoms with van der Waals surface area (Å²) in [6.07, 6.45) is 3.41. The largest absolute Gasteiger partial charge is 0.392 e. The summed E-state index contributed by atoms with van der Waals surface area (Å²) in [7, 11) is 0. The second-order valence-corrected chi connectivity index (χ2v) is 4.95. The number of hydrogen-bond donors (Lipinski definition) is 1. The number of hydrogen-bond acceptors (Lipinski definition) is 1. The van der Waals surface area contributed by atoms with Crippen LogP contribution in [0.1, 0.15) is 43.2 Å². The molecule has 0 aliphatic heterocycles. The zero-order valence-electron chi connectivity index (χ0n) is 8.53. The summed E-state index contributed by atoms with van der Waals surface area (Å²) in [5.41, 5.74) is 2.84. The van der Waals surface area contributed by atoms with Gasteiger partial charge in [-0.25, -0.2) is 0 Å². The predicted molar refractivity (Wildman–Crippen MR) is 56.4 cm³/mol. The van der Waals surface area contributed by atoms with E-state index < -0.39 is 0 Å². The number of rotatable bonds is 0. The van der Waals surface area contributed by atoms with Crippen LogP contribution in [0.25, 0.3) is 0 Å². The molecule has 0 heterocycles. The molecule has 14 heavy (non-hydrogen) atoms. The Balaban J connectivity index is 2.24. The van der Waals surface area contributed by atoms with Crippen LogP contribution in [0, 0.1) is 0 Å². The summed E-state index contributed by atoms with van der Waals surface area (Å²) in [4.78, 5) is 0. The van der Waals surface area contributed by atoms with E-state index in [1.54, 1.807) is 0 Å². The van der Waals surface area contributed by atoms with Crippen molar-refractivity contribution in [1.82, 2.24) is 0 Å². The molecule has 1 aromatic rings. The maximum absolute atomic E-state index is 10.3. The second kappa shape index (κ2) is 2.60. The van der Waals surface area contributed by atoms with Crippen LogP contribution in [0.4, 0.5) is 0 Å². The van der Waals surface area contributed by atoms with E-state index in [-0.39, 0.29) is 11.5 Å².